The van der Waals surface area contributed by atoms with E-state index in [1.165, 1.54) is 24.3 Å². The number of benzene rings is 2. The molecule has 1 aliphatic heterocycles. The first-order chi connectivity index (χ1) is 14.4. The fourth-order valence-corrected chi connectivity index (χ4v) is 3.21. The summed E-state index contributed by atoms with van der Waals surface area (Å²) < 4.78 is 12.9. The minimum absolute atomic E-state index is 0.0991. The van der Waals surface area contributed by atoms with Gasteiger partial charge < -0.3 is 15.5 Å². The van der Waals surface area contributed by atoms with Crippen LogP contribution in [0.3, 0.4) is 0 Å². The van der Waals surface area contributed by atoms with Crippen molar-refractivity contribution in [3.63, 3.8) is 0 Å². The van der Waals surface area contributed by atoms with Gasteiger partial charge in [0, 0.05) is 49.5 Å². The van der Waals surface area contributed by atoms with E-state index in [4.69, 9.17) is 0 Å². The van der Waals surface area contributed by atoms with Crippen LogP contribution in [0.25, 0.3) is 0 Å². The maximum Gasteiger partial charge on any atom is 0.254 e. The number of piperazine rings is 1. The Labute approximate surface area is 174 Å². The molecule has 0 radical (unpaired) electrons. The van der Waals surface area contributed by atoms with Crippen LogP contribution < -0.4 is 10.6 Å². The summed E-state index contributed by atoms with van der Waals surface area (Å²) >= 11 is 0. The van der Waals surface area contributed by atoms with E-state index in [1.54, 1.807) is 36.1 Å². The fraction of sp³-hybridized carbons (Fsp3) is 0.318. The average molecular weight is 412 g/mol. The van der Waals surface area contributed by atoms with Gasteiger partial charge in [-0.1, -0.05) is 13.0 Å². The fourth-order valence-electron chi connectivity index (χ4n) is 3.21. The molecule has 0 atom stereocenters. The molecule has 1 aliphatic rings. The van der Waals surface area contributed by atoms with Crippen molar-refractivity contribution >= 4 is 29.1 Å². The molecule has 8 heteroatoms. The van der Waals surface area contributed by atoms with Crippen LogP contribution in [0.15, 0.2) is 48.5 Å². The van der Waals surface area contributed by atoms with Crippen LogP contribution >= 0.6 is 0 Å². The maximum absolute atomic E-state index is 12.9. The number of anilines is 2. The van der Waals surface area contributed by atoms with Crippen molar-refractivity contribution in [2.75, 3.05) is 43.4 Å². The number of nitrogens with zero attached hydrogens (tertiary/aromatic N) is 2. The van der Waals surface area contributed by atoms with Gasteiger partial charge in [-0.25, -0.2) is 4.39 Å². The lowest BCUT2D eigenvalue weighted by Crippen LogP contribution is -2.50. The van der Waals surface area contributed by atoms with Crippen LogP contribution in [0, 0.1) is 5.82 Å². The van der Waals surface area contributed by atoms with Crippen LogP contribution in [0.4, 0.5) is 15.8 Å². The molecule has 0 unspecified atom stereocenters. The first kappa shape index (κ1) is 21.4. The van der Waals surface area contributed by atoms with Crippen molar-refractivity contribution in [3.8, 4) is 0 Å². The lowest BCUT2D eigenvalue weighted by atomic mass is 10.1. The van der Waals surface area contributed by atoms with Crippen molar-refractivity contribution in [1.82, 2.24) is 9.80 Å². The van der Waals surface area contributed by atoms with Gasteiger partial charge in [0.15, 0.2) is 0 Å². The second-order valence-electron chi connectivity index (χ2n) is 7.11. The van der Waals surface area contributed by atoms with Crippen LogP contribution in [0.2, 0.25) is 0 Å². The molecule has 1 fully saturated rings. The number of nitrogens with one attached hydrogen (secondary N) is 2. The number of rotatable bonds is 6. The summed E-state index contributed by atoms with van der Waals surface area (Å²) in [5.41, 5.74) is 1.67. The lowest BCUT2D eigenvalue weighted by Gasteiger charge is -2.34. The van der Waals surface area contributed by atoms with Gasteiger partial charge in [-0.05, 0) is 42.5 Å². The first-order valence-electron chi connectivity index (χ1n) is 9.91. The largest absolute Gasteiger partial charge is 0.336 e. The van der Waals surface area contributed by atoms with E-state index < -0.39 is 0 Å². The van der Waals surface area contributed by atoms with E-state index in [-0.39, 0.29) is 30.1 Å². The van der Waals surface area contributed by atoms with Crippen molar-refractivity contribution in [2.45, 2.75) is 13.3 Å². The van der Waals surface area contributed by atoms with E-state index in [9.17, 15) is 18.8 Å². The predicted molar refractivity (Wildman–Crippen MR) is 113 cm³/mol. The predicted octanol–water partition coefficient (Wildman–Crippen LogP) is 2.57. The normalized spacial score (nSPS) is 14.3. The van der Waals surface area contributed by atoms with Gasteiger partial charge in [0.05, 0.1) is 6.54 Å². The summed E-state index contributed by atoms with van der Waals surface area (Å²) in [6.07, 6.45) is 0.370. The Morgan fingerprint density at radius 3 is 2.23 bits per heavy atom. The minimum Gasteiger partial charge on any atom is -0.336 e. The van der Waals surface area contributed by atoms with Gasteiger partial charge in [-0.3, -0.25) is 19.3 Å². The van der Waals surface area contributed by atoms with Gasteiger partial charge >= 0.3 is 0 Å². The number of amides is 3. The van der Waals surface area contributed by atoms with Crippen LogP contribution in [-0.4, -0.2) is 60.2 Å². The van der Waals surface area contributed by atoms with Gasteiger partial charge in [0.25, 0.3) is 5.91 Å². The molecule has 158 valence electrons. The molecule has 0 bridgehead atoms. The average Bonchev–Trinajstić information content (AvgIpc) is 2.75. The van der Waals surface area contributed by atoms with Crippen molar-refractivity contribution in [2.24, 2.45) is 0 Å². The Kier molecular flexibility index (Phi) is 7.13. The second kappa shape index (κ2) is 9.98. The third-order valence-corrected chi connectivity index (χ3v) is 4.87. The molecule has 2 aromatic carbocycles. The number of carbonyl (C=O) groups excluding carboxylic acids is 3. The third-order valence-electron chi connectivity index (χ3n) is 4.87. The molecule has 2 aromatic rings. The van der Waals surface area contributed by atoms with E-state index >= 15 is 0 Å². The highest BCUT2D eigenvalue weighted by molar-refractivity contribution is 5.97. The first-order valence-corrected chi connectivity index (χ1v) is 9.91. The van der Waals surface area contributed by atoms with Crippen molar-refractivity contribution < 1.29 is 18.8 Å². The zero-order chi connectivity index (χ0) is 21.5. The number of carbonyl (C=O) groups is 3. The Balaban J connectivity index is 1.49. The monoisotopic (exact) mass is 412 g/mol. The van der Waals surface area contributed by atoms with E-state index in [1.807, 2.05) is 4.90 Å². The van der Waals surface area contributed by atoms with Gasteiger partial charge in [0.1, 0.15) is 5.82 Å². The zero-order valence-electron chi connectivity index (χ0n) is 16.9. The molecule has 2 N–H and O–H groups in total. The zero-order valence-corrected chi connectivity index (χ0v) is 16.9. The topological polar surface area (TPSA) is 81.8 Å². The van der Waals surface area contributed by atoms with Crippen LogP contribution in [0.1, 0.15) is 23.7 Å². The molecule has 7 nitrogen and oxygen atoms in total. The third kappa shape index (κ3) is 5.87. The standard InChI is InChI=1S/C22H25FN4O3/c1-2-20(28)25-19-5-3-4-16(14-19)22(30)27-12-10-26(11-13-27)15-21(29)24-18-8-6-17(23)7-9-18/h3-9,14H,2,10-13,15H2,1H3,(H,24,29)(H,25,28). The summed E-state index contributed by atoms with van der Waals surface area (Å²) in [6, 6.07) is 12.5. The Hall–Kier alpha value is -3.26. The highest BCUT2D eigenvalue weighted by atomic mass is 19.1. The quantitative estimate of drug-likeness (QED) is 0.764. The molecular weight excluding hydrogens is 387 g/mol. The molecule has 3 rings (SSSR count). The number of halogens is 1. The Morgan fingerprint density at radius 2 is 1.57 bits per heavy atom. The Bertz CT molecular complexity index is 909. The maximum atomic E-state index is 12.9. The van der Waals surface area contributed by atoms with E-state index in [0.29, 0.717) is 49.5 Å². The SMILES string of the molecule is CCC(=O)Nc1cccc(C(=O)N2CCN(CC(=O)Nc3ccc(F)cc3)CC2)c1. The summed E-state index contributed by atoms with van der Waals surface area (Å²) in [5.74, 6) is -0.738. The molecule has 1 heterocycles. The van der Waals surface area contributed by atoms with Gasteiger partial charge in [0.2, 0.25) is 11.8 Å². The second-order valence-corrected chi connectivity index (χ2v) is 7.11. The van der Waals surface area contributed by atoms with Crippen LogP contribution in [-0.2, 0) is 9.59 Å². The number of hydrogen-bond acceptors (Lipinski definition) is 4. The molecule has 0 aromatic heterocycles. The summed E-state index contributed by atoms with van der Waals surface area (Å²) in [6.45, 7) is 4.15. The molecular formula is C22H25FN4O3. The molecule has 1 saturated heterocycles. The minimum atomic E-state index is -0.355. The van der Waals surface area contributed by atoms with Crippen LogP contribution in [0.5, 0.6) is 0 Å². The summed E-state index contributed by atoms with van der Waals surface area (Å²) in [7, 11) is 0. The summed E-state index contributed by atoms with van der Waals surface area (Å²) in [5, 5.41) is 5.50. The van der Waals surface area contributed by atoms with Gasteiger partial charge in [-0.15, -0.1) is 0 Å². The molecule has 0 aliphatic carbocycles. The lowest BCUT2D eigenvalue weighted by molar-refractivity contribution is -0.118. The highest BCUT2D eigenvalue weighted by Crippen LogP contribution is 2.15. The molecule has 30 heavy (non-hydrogen) atoms. The van der Waals surface area contributed by atoms with E-state index in [2.05, 4.69) is 10.6 Å². The van der Waals surface area contributed by atoms with Gasteiger partial charge in [-0.2, -0.15) is 0 Å². The molecule has 0 saturated carbocycles. The van der Waals surface area contributed by atoms with Crippen molar-refractivity contribution in [1.29, 1.82) is 0 Å². The highest BCUT2D eigenvalue weighted by Gasteiger charge is 2.23. The smallest absolute Gasteiger partial charge is 0.254 e. The number of hydrogen-bond donors (Lipinski definition) is 2. The summed E-state index contributed by atoms with van der Waals surface area (Å²) in [4.78, 5) is 40.3. The molecule has 3 amide bonds. The molecule has 0 spiro atoms. The van der Waals surface area contributed by atoms with E-state index in [0.717, 1.165) is 0 Å². The van der Waals surface area contributed by atoms with Crippen molar-refractivity contribution in [3.05, 3.63) is 59.9 Å². The Morgan fingerprint density at radius 1 is 0.900 bits per heavy atom.